The molecule has 1 amide bonds. The Bertz CT molecular complexity index is 276. The molecule has 1 rings (SSSR count). The summed E-state index contributed by atoms with van der Waals surface area (Å²) in [6.45, 7) is 8.77. The van der Waals surface area contributed by atoms with Crippen LogP contribution in [0.4, 0.5) is 0 Å². The summed E-state index contributed by atoms with van der Waals surface area (Å²) in [6, 6.07) is 0. The Morgan fingerprint density at radius 1 is 1.39 bits per heavy atom. The van der Waals surface area contributed by atoms with E-state index in [1.807, 2.05) is 20.8 Å². The normalized spacial score (nSPS) is 29.1. The highest BCUT2D eigenvalue weighted by atomic mass is 16.5. The zero-order valence-electron chi connectivity index (χ0n) is 12.2. The zero-order chi connectivity index (χ0) is 13.8. The van der Waals surface area contributed by atoms with Gasteiger partial charge in [-0.2, -0.15) is 0 Å². The Morgan fingerprint density at radius 3 is 2.39 bits per heavy atom. The lowest BCUT2D eigenvalue weighted by molar-refractivity contribution is -0.137. The maximum Gasteiger partial charge on any atom is 0.246 e. The first kappa shape index (κ1) is 15.4. The number of rotatable bonds is 4. The SMILES string of the molecule is CC1CCC(CN)(OCC(=O)NC(C)(C)C)CC1. The average molecular weight is 256 g/mol. The quantitative estimate of drug-likeness (QED) is 0.806. The van der Waals surface area contributed by atoms with Crippen molar-refractivity contribution in [3.63, 3.8) is 0 Å². The van der Waals surface area contributed by atoms with Crippen LogP contribution in [0.5, 0.6) is 0 Å². The molecule has 3 N–H and O–H groups in total. The van der Waals surface area contributed by atoms with Crippen molar-refractivity contribution in [3.8, 4) is 0 Å². The molecule has 0 spiro atoms. The van der Waals surface area contributed by atoms with Gasteiger partial charge in [-0.15, -0.1) is 0 Å². The second kappa shape index (κ2) is 6.02. The van der Waals surface area contributed by atoms with E-state index in [-0.39, 0.29) is 23.7 Å². The van der Waals surface area contributed by atoms with E-state index in [0.717, 1.165) is 31.6 Å². The van der Waals surface area contributed by atoms with Gasteiger partial charge >= 0.3 is 0 Å². The number of hydrogen-bond donors (Lipinski definition) is 2. The summed E-state index contributed by atoms with van der Waals surface area (Å²) in [6.07, 6.45) is 4.21. The van der Waals surface area contributed by atoms with Crippen molar-refractivity contribution in [1.82, 2.24) is 5.32 Å². The smallest absolute Gasteiger partial charge is 0.246 e. The predicted molar refractivity (Wildman–Crippen MR) is 73.3 cm³/mol. The van der Waals surface area contributed by atoms with Crippen LogP contribution in [0.3, 0.4) is 0 Å². The number of hydrogen-bond acceptors (Lipinski definition) is 3. The van der Waals surface area contributed by atoms with Gasteiger partial charge in [-0.3, -0.25) is 4.79 Å². The molecule has 1 fully saturated rings. The Labute approximate surface area is 111 Å². The molecule has 4 heteroatoms. The van der Waals surface area contributed by atoms with Gasteiger partial charge in [0.1, 0.15) is 6.61 Å². The van der Waals surface area contributed by atoms with Crippen LogP contribution in [-0.4, -0.2) is 30.2 Å². The summed E-state index contributed by atoms with van der Waals surface area (Å²) in [5, 5.41) is 2.90. The standard InChI is InChI=1S/C14H28N2O2/c1-11-5-7-14(10-15,8-6-11)18-9-12(17)16-13(2,3)4/h11H,5-10,15H2,1-4H3,(H,16,17). The summed E-state index contributed by atoms with van der Waals surface area (Å²) >= 11 is 0. The third kappa shape index (κ3) is 4.94. The Morgan fingerprint density at radius 2 is 1.94 bits per heavy atom. The number of carbonyl (C=O) groups is 1. The third-order valence-electron chi connectivity index (χ3n) is 3.58. The van der Waals surface area contributed by atoms with Crippen LogP contribution >= 0.6 is 0 Å². The molecule has 0 radical (unpaired) electrons. The molecule has 0 aliphatic heterocycles. The van der Waals surface area contributed by atoms with Crippen molar-refractivity contribution in [1.29, 1.82) is 0 Å². The highest BCUT2D eigenvalue weighted by Crippen LogP contribution is 2.33. The highest BCUT2D eigenvalue weighted by Gasteiger charge is 2.34. The van der Waals surface area contributed by atoms with Crippen molar-refractivity contribution in [2.24, 2.45) is 11.7 Å². The maximum absolute atomic E-state index is 11.7. The molecule has 0 unspecified atom stereocenters. The van der Waals surface area contributed by atoms with E-state index >= 15 is 0 Å². The summed E-state index contributed by atoms with van der Waals surface area (Å²) in [7, 11) is 0. The van der Waals surface area contributed by atoms with E-state index in [1.54, 1.807) is 0 Å². The zero-order valence-corrected chi connectivity index (χ0v) is 12.2. The molecule has 18 heavy (non-hydrogen) atoms. The average Bonchev–Trinajstić information content (AvgIpc) is 2.27. The molecule has 0 aromatic heterocycles. The molecule has 0 saturated heterocycles. The molecule has 0 heterocycles. The molecule has 0 aromatic rings. The fourth-order valence-electron chi connectivity index (χ4n) is 2.37. The topological polar surface area (TPSA) is 64.3 Å². The Balaban J connectivity index is 2.42. The van der Waals surface area contributed by atoms with Crippen LogP contribution in [0.1, 0.15) is 53.4 Å². The van der Waals surface area contributed by atoms with Gasteiger partial charge in [-0.25, -0.2) is 0 Å². The van der Waals surface area contributed by atoms with Gasteiger partial charge in [0.2, 0.25) is 5.91 Å². The molecular formula is C14H28N2O2. The van der Waals surface area contributed by atoms with Crippen molar-refractivity contribution in [2.45, 2.75) is 64.5 Å². The van der Waals surface area contributed by atoms with Gasteiger partial charge in [0, 0.05) is 12.1 Å². The van der Waals surface area contributed by atoms with E-state index in [0.29, 0.717) is 6.54 Å². The fraction of sp³-hybridized carbons (Fsp3) is 0.929. The van der Waals surface area contributed by atoms with Crippen molar-refractivity contribution >= 4 is 5.91 Å². The van der Waals surface area contributed by atoms with Crippen molar-refractivity contribution < 1.29 is 9.53 Å². The first-order valence-corrected chi connectivity index (χ1v) is 6.91. The summed E-state index contributed by atoms with van der Waals surface area (Å²) in [5.74, 6) is 0.686. The largest absolute Gasteiger partial charge is 0.364 e. The predicted octanol–water partition coefficient (Wildman–Crippen LogP) is 1.83. The Hall–Kier alpha value is -0.610. The summed E-state index contributed by atoms with van der Waals surface area (Å²) < 4.78 is 5.84. The van der Waals surface area contributed by atoms with Crippen LogP contribution in [0.2, 0.25) is 0 Å². The molecule has 1 aliphatic carbocycles. The van der Waals surface area contributed by atoms with Crippen molar-refractivity contribution in [2.75, 3.05) is 13.2 Å². The number of ether oxygens (including phenoxy) is 1. The molecule has 0 atom stereocenters. The fourth-order valence-corrected chi connectivity index (χ4v) is 2.37. The molecule has 1 aliphatic rings. The maximum atomic E-state index is 11.7. The molecule has 0 aromatic carbocycles. The van der Waals surface area contributed by atoms with Crippen LogP contribution < -0.4 is 11.1 Å². The molecule has 0 bridgehead atoms. The lowest BCUT2D eigenvalue weighted by atomic mass is 9.79. The van der Waals surface area contributed by atoms with Crippen LogP contribution in [0.15, 0.2) is 0 Å². The van der Waals surface area contributed by atoms with Gasteiger partial charge in [-0.1, -0.05) is 6.92 Å². The highest BCUT2D eigenvalue weighted by molar-refractivity contribution is 5.77. The second-order valence-corrected chi connectivity index (χ2v) is 6.66. The minimum absolute atomic E-state index is 0.0612. The van der Waals surface area contributed by atoms with Gasteiger partial charge in [0.15, 0.2) is 0 Å². The van der Waals surface area contributed by atoms with E-state index in [4.69, 9.17) is 10.5 Å². The molecule has 4 nitrogen and oxygen atoms in total. The van der Waals surface area contributed by atoms with E-state index < -0.39 is 0 Å². The third-order valence-corrected chi connectivity index (χ3v) is 3.58. The van der Waals surface area contributed by atoms with Crippen LogP contribution in [-0.2, 0) is 9.53 Å². The monoisotopic (exact) mass is 256 g/mol. The first-order chi connectivity index (χ1) is 8.26. The minimum atomic E-state index is -0.276. The number of carbonyl (C=O) groups excluding carboxylic acids is 1. The molecular weight excluding hydrogens is 228 g/mol. The summed E-state index contributed by atoms with van der Waals surface area (Å²) in [4.78, 5) is 11.7. The second-order valence-electron chi connectivity index (χ2n) is 6.66. The van der Waals surface area contributed by atoms with Gasteiger partial charge in [0.25, 0.3) is 0 Å². The van der Waals surface area contributed by atoms with Crippen LogP contribution in [0, 0.1) is 5.92 Å². The van der Waals surface area contributed by atoms with E-state index in [2.05, 4.69) is 12.2 Å². The lowest BCUT2D eigenvalue weighted by Gasteiger charge is -2.38. The Kier molecular flexibility index (Phi) is 5.17. The van der Waals surface area contributed by atoms with Crippen molar-refractivity contribution in [3.05, 3.63) is 0 Å². The number of nitrogens with one attached hydrogen (secondary N) is 1. The van der Waals surface area contributed by atoms with Gasteiger partial charge in [0.05, 0.1) is 5.60 Å². The first-order valence-electron chi connectivity index (χ1n) is 6.91. The van der Waals surface area contributed by atoms with Gasteiger partial charge in [-0.05, 0) is 52.4 Å². The van der Waals surface area contributed by atoms with Crippen LogP contribution in [0.25, 0.3) is 0 Å². The minimum Gasteiger partial charge on any atom is -0.364 e. The van der Waals surface area contributed by atoms with E-state index in [9.17, 15) is 4.79 Å². The molecule has 1 saturated carbocycles. The van der Waals surface area contributed by atoms with Gasteiger partial charge < -0.3 is 15.8 Å². The summed E-state index contributed by atoms with van der Waals surface area (Å²) in [5.41, 5.74) is 5.35. The lowest BCUT2D eigenvalue weighted by Crippen LogP contribution is -2.48. The molecule has 106 valence electrons. The number of nitrogens with two attached hydrogens (primary N) is 1. The van der Waals surface area contributed by atoms with E-state index in [1.165, 1.54) is 0 Å². The number of amides is 1.